The fourth-order valence-electron chi connectivity index (χ4n) is 2.58. The van der Waals surface area contributed by atoms with Crippen LogP contribution in [0.2, 0.25) is 0 Å². The van der Waals surface area contributed by atoms with Crippen LogP contribution in [0.4, 0.5) is 4.39 Å². The quantitative estimate of drug-likeness (QED) is 0.756. The topological polar surface area (TPSA) is 84.2 Å². The van der Waals surface area contributed by atoms with Crippen LogP contribution in [0.3, 0.4) is 0 Å². The molecule has 0 radical (unpaired) electrons. The SMILES string of the molecule is C=CCCC(NC(=O)c1c(C)nn(-c2ccc(F)cc2)c1C)C(=O)O. The van der Waals surface area contributed by atoms with Crippen LogP contribution in [0.15, 0.2) is 36.9 Å². The lowest BCUT2D eigenvalue weighted by atomic mass is 10.1. The lowest BCUT2D eigenvalue weighted by molar-refractivity contribution is -0.139. The molecular formula is C18H20FN3O3. The van der Waals surface area contributed by atoms with Crippen molar-refractivity contribution in [1.82, 2.24) is 15.1 Å². The van der Waals surface area contributed by atoms with Gasteiger partial charge in [0.05, 0.1) is 22.6 Å². The van der Waals surface area contributed by atoms with E-state index in [2.05, 4.69) is 17.0 Å². The summed E-state index contributed by atoms with van der Waals surface area (Å²) in [6.45, 7) is 6.93. The zero-order valence-electron chi connectivity index (χ0n) is 14.1. The maximum absolute atomic E-state index is 13.1. The number of allylic oxidation sites excluding steroid dienone is 1. The third kappa shape index (κ3) is 4.12. The van der Waals surface area contributed by atoms with Crippen LogP contribution in [0.1, 0.15) is 34.6 Å². The van der Waals surface area contributed by atoms with Gasteiger partial charge < -0.3 is 10.4 Å². The first-order valence-electron chi connectivity index (χ1n) is 7.82. The molecule has 1 aromatic carbocycles. The van der Waals surface area contributed by atoms with Gasteiger partial charge in [0.15, 0.2) is 0 Å². The Morgan fingerprint density at radius 3 is 2.56 bits per heavy atom. The summed E-state index contributed by atoms with van der Waals surface area (Å²) in [6.07, 6.45) is 2.34. The van der Waals surface area contributed by atoms with Crippen molar-refractivity contribution in [2.75, 3.05) is 0 Å². The number of aromatic nitrogens is 2. The van der Waals surface area contributed by atoms with Crippen molar-refractivity contribution in [1.29, 1.82) is 0 Å². The molecular weight excluding hydrogens is 325 g/mol. The number of hydrogen-bond donors (Lipinski definition) is 2. The normalized spacial score (nSPS) is 11.8. The number of carboxylic acid groups (broad SMARTS) is 1. The maximum Gasteiger partial charge on any atom is 0.326 e. The molecule has 0 bridgehead atoms. The minimum Gasteiger partial charge on any atom is -0.480 e. The van der Waals surface area contributed by atoms with Gasteiger partial charge in [-0.15, -0.1) is 6.58 Å². The van der Waals surface area contributed by atoms with Crippen molar-refractivity contribution in [2.45, 2.75) is 32.7 Å². The zero-order chi connectivity index (χ0) is 18.6. The van der Waals surface area contributed by atoms with E-state index in [1.54, 1.807) is 32.1 Å². The number of carboxylic acids is 1. The number of nitrogens with zero attached hydrogens (tertiary/aromatic N) is 2. The summed E-state index contributed by atoms with van der Waals surface area (Å²) in [5.74, 6) is -1.97. The maximum atomic E-state index is 13.1. The molecule has 2 aromatic rings. The van der Waals surface area contributed by atoms with Crippen LogP contribution in [-0.4, -0.2) is 32.8 Å². The van der Waals surface area contributed by atoms with Crippen LogP contribution in [-0.2, 0) is 4.79 Å². The molecule has 0 spiro atoms. The van der Waals surface area contributed by atoms with Gasteiger partial charge in [0.2, 0.25) is 0 Å². The molecule has 7 heteroatoms. The summed E-state index contributed by atoms with van der Waals surface area (Å²) < 4.78 is 14.6. The molecule has 0 aliphatic carbocycles. The van der Waals surface area contributed by atoms with Gasteiger partial charge >= 0.3 is 5.97 Å². The fourth-order valence-corrected chi connectivity index (χ4v) is 2.58. The minimum absolute atomic E-state index is 0.259. The van der Waals surface area contributed by atoms with Crippen LogP contribution in [0.25, 0.3) is 5.69 Å². The molecule has 1 unspecified atom stereocenters. The summed E-state index contributed by atoms with van der Waals surface area (Å²) in [7, 11) is 0. The van der Waals surface area contributed by atoms with E-state index >= 15 is 0 Å². The summed E-state index contributed by atoms with van der Waals surface area (Å²) >= 11 is 0. The van der Waals surface area contributed by atoms with Crippen molar-refractivity contribution in [2.24, 2.45) is 0 Å². The van der Waals surface area contributed by atoms with E-state index in [9.17, 15) is 19.1 Å². The van der Waals surface area contributed by atoms with Gasteiger partial charge in [0.1, 0.15) is 11.9 Å². The lowest BCUT2D eigenvalue weighted by Gasteiger charge is -2.14. The lowest BCUT2D eigenvalue weighted by Crippen LogP contribution is -2.41. The van der Waals surface area contributed by atoms with Gasteiger partial charge in [-0.2, -0.15) is 5.10 Å². The molecule has 132 valence electrons. The first-order valence-corrected chi connectivity index (χ1v) is 7.82. The number of aliphatic carboxylic acids is 1. The Morgan fingerprint density at radius 1 is 1.36 bits per heavy atom. The number of carbonyl (C=O) groups excluding carboxylic acids is 1. The second-order valence-electron chi connectivity index (χ2n) is 5.66. The van der Waals surface area contributed by atoms with E-state index in [-0.39, 0.29) is 12.2 Å². The van der Waals surface area contributed by atoms with Crippen LogP contribution in [0, 0.1) is 19.7 Å². The Kier molecular flexibility index (Phi) is 5.69. The number of halogens is 1. The van der Waals surface area contributed by atoms with Gasteiger partial charge in [0, 0.05) is 0 Å². The summed E-state index contributed by atoms with van der Waals surface area (Å²) in [5.41, 5.74) is 1.94. The molecule has 1 heterocycles. The molecule has 1 amide bonds. The van der Waals surface area contributed by atoms with E-state index in [0.29, 0.717) is 29.1 Å². The molecule has 0 aliphatic heterocycles. The van der Waals surface area contributed by atoms with Gasteiger partial charge in [0.25, 0.3) is 5.91 Å². The molecule has 25 heavy (non-hydrogen) atoms. The van der Waals surface area contributed by atoms with Gasteiger partial charge in [-0.25, -0.2) is 13.9 Å². The Balaban J connectivity index is 2.29. The monoisotopic (exact) mass is 345 g/mol. The molecule has 1 atom stereocenters. The fraction of sp³-hybridized carbons (Fsp3) is 0.278. The molecule has 6 nitrogen and oxygen atoms in total. The highest BCUT2D eigenvalue weighted by molar-refractivity contribution is 5.98. The number of amides is 1. The highest BCUT2D eigenvalue weighted by atomic mass is 19.1. The van der Waals surface area contributed by atoms with Crippen LogP contribution >= 0.6 is 0 Å². The summed E-state index contributed by atoms with van der Waals surface area (Å²) in [4.78, 5) is 23.8. The first kappa shape index (κ1) is 18.4. The Morgan fingerprint density at radius 2 is 2.00 bits per heavy atom. The largest absolute Gasteiger partial charge is 0.480 e. The molecule has 2 rings (SSSR count). The van der Waals surface area contributed by atoms with Crippen molar-refractivity contribution in [3.63, 3.8) is 0 Å². The third-order valence-electron chi connectivity index (χ3n) is 3.85. The predicted molar refractivity (Wildman–Crippen MR) is 91.3 cm³/mol. The van der Waals surface area contributed by atoms with Crippen LogP contribution in [0.5, 0.6) is 0 Å². The Labute approximate surface area is 145 Å². The summed E-state index contributed by atoms with van der Waals surface area (Å²) in [5, 5.41) is 16.1. The second-order valence-corrected chi connectivity index (χ2v) is 5.66. The van der Waals surface area contributed by atoms with E-state index < -0.39 is 17.9 Å². The predicted octanol–water partition coefficient (Wildman–Crippen LogP) is 2.78. The number of rotatable bonds is 7. The Bertz CT molecular complexity index is 797. The zero-order valence-corrected chi connectivity index (χ0v) is 14.1. The number of aryl methyl sites for hydroxylation is 1. The number of carbonyl (C=O) groups is 2. The smallest absolute Gasteiger partial charge is 0.326 e. The average Bonchev–Trinajstić information content (AvgIpc) is 2.86. The van der Waals surface area contributed by atoms with E-state index in [4.69, 9.17) is 0 Å². The molecule has 0 fully saturated rings. The van der Waals surface area contributed by atoms with E-state index in [0.717, 1.165) is 0 Å². The minimum atomic E-state index is -1.10. The first-order chi connectivity index (χ1) is 11.8. The van der Waals surface area contributed by atoms with E-state index in [1.807, 2.05) is 0 Å². The van der Waals surface area contributed by atoms with Crippen molar-refractivity contribution >= 4 is 11.9 Å². The van der Waals surface area contributed by atoms with Crippen LogP contribution < -0.4 is 5.32 Å². The number of nitrogens with one attached hydrogen (secondary N) is 1. The highest BCUT2D eigenvalue weighted by Gasteiger charge is 2.24. The molecule has 1 aromatic heterocycles. The van der Waals surface area contributed by atoms with Gasteiger partial charge in [-0.3, -0.25) is 4.79 Å². The standard InChI is InChI=1S/C18H20FN3O3/c1-4-5-6-15(18(24)25)20-17(23)16-11(2)21-22(12(16)3)14-9-7-13(19)8-10-14/h4,7-10,15H,1,5-6H2,2-3H3,(H,20,23)(H,24,25). The molecule has 2 N–H and O–H groups in total. The molecule has 0 aliphatic rings. The second kappa shape index (κ2) is 7.74. The van der Waals surface area contributed by atoms with Gasteiger partial charge in [-0.05, 0) is 51.0 Å². The number of hydrogen-bond acceptors (Lipinski definition) is 3. The summed E-state index contributed by atoms with van der Waals surface area (Å²) in [6, 6.07) is 4.72. The third-order valence-corrected chi connectivity index (χ3v) is 3.85. The van der Waals surface area contributed by atoms with E-state index in [1.165, 1.54) is 16.8 Å². The Hall–Kier alpha value is -2.96. The van der Waals surface area contributed by atoms with Crippen molar-refractivity contribution in [3.05, 3.63) is 59.7 Å². The molecule has 0 saturated carbocycles. The molecule has 0 saturated heterocycles. The highest BCUT2D eigenvalue weighted by Crippen LogP contribution is 2.18. The average molecular weight is 345 g/mol. The number of benzene rings is 1. The van der Waals surface area contributed by atoms with Gasteiger partial charge in [-0.1, -0.05) is 6.08 Å². The van der Waals surface area contributed by atoms with Crippen molar-refractivity contribution in [3.8, 4) is 5.69 Å². The van der Waals surface area contributed by atoms with Crippen molar-refractivity contribution < 1.29 is 19.1 Å².